The predicted octanol–water partition coefficient (Wildman–Crippen LogP) is 3.02. The zero-order valence-electron chi connectivity index (χ0n) is 28.5. The maximum absolute atomic E-state index is 13.1. The number of likely N-dealkylation sites (N-methyl/N-ethyl adjacent to an activating group) is 1. The topological polar surface area (TPSA) is 108 Å². The van der Waals surface area contributed by atoms with Gasteiger partial charge in [0.2, 0.25) is 11.8 Å². The summed E-state index contributed by atoms with van der Waals surface area (Å²) < 4.78 is 12.2. The monoisotopic (exact) mass is 666 g/mol. The maximum atomic E-state index is 13.1. The normalized spacial score (nSPS) is 26.0. The highest BCUT2D eigenvalue weighted by Crippen LogP contribution is 2.33. The molecule has 8 rings (SSSR count). The molecular weight excluding hydrogens is 620 g/mol. The second-order valence-corrected chi connectivity index (χ2v) is 14.7. The van der Waals surface area contributed by atoms with Crippen molar-refractivity contribution in [3.8, 4) is 5.75 Å². The minimum absolute atomic E-state index is 0.0670. The highest BCUT2D eigenvalue weighted by molar-refractivity contribution is 6.05. The van der Waals surface area contributed by atoms with Crippen molar-refractivity contribution >= 4 is 28.6 Å². The van der Waals surface area contributed by atoms with Crippen LogP contribution in [-0.2, 0) is 27.4 Å². The molecule has 3 atom stereocenters. The molecule has 1 aromatic heterocycles. The van der Waals surface area contributed by atoms with E-state index in [1.165, 1.54) is 55.7 Å². The molecule has 5 aliphatic heterocycles. The van der Waals surface area contributed by atoms with E-state index in [4.69, 9.17) is 14.5 Å². The van der Waals surface area contributed by atoms with Gasteiger partial charge in [-0.05, 0) is 86.9 Å². The molecule has 1 N–H and O–H groups in total. The van der Waals surface area contributed by atoms with Crippen LogP contribution in [0.2, 0.25) is 0 Å². The summed E-state index contributed by atoms with van der Waals surface area (Å²) >= 11 is 0. The van der Waals surface area contributed by atoms with Gasteiger partial charge >= 0.3 is 0 Å². The fourth-order valence-corrected chi connectivity index (χ4v) is 8.60. The van der Waals surface area contributed by atoms with E-state index in [1.54, 1.807) is 18.1 Å². The minimum atomic E-state index is -0.632. The third-order valence-electron chi connectivity index (χ3n) is 11.3. The highest BCUT2D eigenvalue weighted by atomic mass is 16.5. The molecule has 11 heteroatoms. The highest BCUT2D eigenvalue weighted by Gasteiger charge is 2.40. The van der Waals surface area contributed by atoms with Crippen molar-refractivity contribution in [1.82, 2.24) is 29.9 Å². The van der Waals surface area contributed by atoms with Crippen LogP contribution in [-0.4, -0.2) is 121 Å². The first kappa shape index (κ1) is 32.3. The number of nitrogens with zero attached hydrogens (tertiary/aromatic N) is 5. The molecule has 3 aromatic rings. The van der Waals surface area contributed by atoms with Gasteiger partial charge in [0.25, 0.3) is 5.91 Å². The third kappa shape index (κ3) is 6.57. The van der Waals surface area contributed by atoms with Crippen molar-refractivity contribution in [3.63, 3.8) is 0 Å². The molecule has 0 aliphatic carbocycles. The second kappa shape index (κ2) is 13.4. The Bertz CT molecular complexity index is 1750. The van der Waals surface area contributed by atoms with E-state index in [-0.39, 0.29) is 30.3 Å². The molecule has 0 bridgehead atoms. The number of carbonyl (C=O) groups is 3. The summed E-state index contributed by atoms with van der Waals surface area (Å²) in [6, 6.07) is 16.8. The smallest absolute Gasteiger partial charge is 0.255 e. The Morgan fingerprint density at radius 3 is 2.55 bits per heavy atom. The molecule has 0 spiro atoms. The summed E-state index contributed by atoms with van der Waals surface area (Å²) in [5.74, 6) is 0.563. The van der Waals surface area contributed by atoms with Crippen LogP contribution in [0.3, 0.4) is 0 Å². The van der Waals surface area contributed by atoms with Crippen molar-refractivity contribution in [2.24, 2.45) is 5.92 Å². The Morgan fingerprint density at radius 2 is 1.78 bits per heavy atom. The average Bonchev–Trinajstić information content (AvgIpc) is 3.61. The molecule has 11 nitrogen and oxygen atoms in total. The fraction of sp³-hybridized carbons (Fsp3) is 0.526. The molecule has 49 heavy (non-hydrogen) atoms. The Morgan fingerprint density at radius 1 is 0.939 bits per heavy atom. The number of fused-ring (bicyclic) bond motifs is 2. The number of pyridine rings is 1. The van der Waals surface area contributed by atoms with Gasteiger partial charge in [-0.25, -0.2) is 0 Å². The molecular formula is C38H46N6O5. The van der Waals surface area contributed by atoms with Crippen LogP contribution in [0.25, 0.3) is 10.9 Å². The number of hydrogen-bond donors (Lipinski definition) is 1. The Kier molecular flexibility index (Phi) is 8.86. The number of piperidine rings is 2. The number of hydrogen-bond acceptors (Lipinski definition) is 9. The van der Waals surface area contributed by atoms with Crippen LogP contribution in [0.1, 0.15) is 58.8 Å². The van der Waals surface area contributed by atoms with Crippen LogP contribution in [0.5, 0.6) is 5.75 Å². The van der Waals surface area contributed by atoms with Crippen LogP contribution in [0.15, 0.2) is 48.5 Å². The van der Waals surface area contributed by atoms with Gasteiger partial charge in [0.1, 0.15) is 17.9 Å². The van der Waals surface area contributed by atoms with E-state index in [1.807, 2.05) is 12.1 Å². The van der Waals surface area contributed by atoms with E-state index in [0.29, 0.717) is 36.8 Å². The molecule has 3 amide bonds. The van der Waals surface area contributed by atoms with E-state index >= 15 is 0 Å². The molecule has 6 heterocycles. The summed E-state index contributed by atoms with van der Waals surface area (Å²) in [7, 11) is 3.93. The molecule has 258 valence electrons. The average molecular weight is 667 g/mol. The van der Waals surface area contributed by atoms with Crippen LogP contribution >= 0.6 is 0 Å². The lowest BCUT2D eigenvalue weighted by atomic mass is 9.91. The molecule has 5 aliphatic rings. The van der Waals surface area contributed by atoms with Gasteiger partial charge in [-0.15, -0.1) is 0 Å². The van der Waals surface area contributed by atoms with Crippen LogP contribution < -0.4 is 10.1 Å². The number of nitrogens with one attached hydrogen (secondary N) is 1. The molecule has 4 saturated heterocycles. The second-order valence-electron chi connectivity index (χ2n) is 14.7. The largest absolute Gasteiger partial charge is 0.489 e. The molecule has 0 unspecified atom stereocenters. The number of benzene rings is 2. The van der Waals surface area contributed by atoms with Gasteiger partial charge in [-0.2, -0.15) is 0 Å². The van der Waals surface area contributed by atoms with Crippen molar-refractivity contribution in [2.75, 3.05) is 60.0 Å². The lowest BCUT2D eigenvalue weighted by molar-refractivity contribution is -0.136. The summed E-state index contributed by atoms with van der Waals surface area (Å²) in [4.78, 5) is 51.4. The first-order valence-electron chi connectivity index (χ1n) is 17.8. The lowest BCUT2D eigenvalue weighted by Crippen LogP contribution is -2.59. The van der Waals surface area contributed by atoms with Gasteiger partial charge in [-0.3, -0.25) is 34.5 Å². The number of aromatic nitrogens is 1. The number of ether oxygens (including phenoxy) is 2. The minimum Gasteiger partial charge on any atom is -0.489 e. The Labute approximate surface area is 287 Å². The Hall–Kier alpha value is -3.90. The summed E-state index contributed by atoms with van der Waals surface area (Å²) in [5, 5.41) is 3.54. The van der Waals surface area contributed by atoms with Crippen molar-refractivity contribution in [3.05, 3.63) is 70.9 Å². The van der Waals surface area contributed by atoms with Gasteiger partial charge in [0.15, 0.2) is 0 Å². The first-order chi connectivity index (χ1) is 23.8. The zero-order valence-corrected chi connectivity index (χ0v) is 28.5. The molecule has 4 fully saturated rings. The number of rotatable bonds is 9. The quantitative estimate of drug-likeness (QED) is 0.345. The fourth-order valence-electron chi connectivity index (χ4n) is 8.60. The Balaban J connectivity index is 0.891. The van der Waals surface area contributed by atoms with Gasteiger partial charge < -0.3 is 19.3 Å². The number of amides is 3. The lowest BCUT2D eigenvalue weighted by Gasteiger charge is -2.46. The van der Waals surface area contributed by atoms with Gasteiger partial charge in [0.05, 0.1) is 12.1 Å². The summed E-state index contributed by atoms with van der Waals surface area (Å²) in [6.45, 7) is 8.09. The van der Waals surface area contributed by atoms with Crippen molar-refractivity contribution < 1.29 is 23.9 Å². The first-order valence-corrected chi connectivity index (χ1v) is 17.8. The number of imide groups is 1. The van der Waals surface area contributed by atoms with Crippen molar-refractivity contribution in [2.45, 2.75) is 62.9 Å². The maximum Gasteiger partial charge on any atom is 0.255 e. The third-order valence-corrected chi connectivity index (χ3v) is 11.3. The van der Waals surface area contributed by atoms with Crippen molar-refractivity contribution in [1.29, 1.82) is 0 Å². The van der Waals surface area contributed by atoms with E-state index in [9.17, 15) is 14.4 Å². The van der Waals surface area contributed by atoms with Gasteiger partial charge in [0, 0.05) is 87.3 Å². The zero-order chi connectivity index (χ0) is 33.6. The van der Waals surface area contributed by atoms with Crippen LogP contribution in [0, 0.1) is 5.92 Å². The summed E-state index contributed by atoms with van der Waals surface area (Å²) in [6.07, 6.45) is 2.88. The van der Waals surface area contributed by atoms with E-state index in [0.717, 1.165) is 36.8 Å². The predicted molar refractivity (Wildman–Crippen MR) is 184 cm³/mol. The molecule has 0 radical (unpaired) electrons. The summed E-state index contributed by atoms with van der Waals surface area (Å²) in [5.41, 5.74) is 4.97. The standard InChI is InChI=1S/C38H46N6O5/c1-41-20-29(21-41)43-13-11-25(12-14-43)32-8-4-26-15-24(3-7-33(26)39-32)17-42-18-28(23-48-2)35(22-42)49-30-5-6-31-27(16-30)19-44(38(31)47)34-9-10-36(45)40-37(34)46/h3-8,15-16,25,28-29,34-35H,9-14,17-23H2,1-2H3,(H,40,45,46)/t28-,34-,35+/m0/s1. The SMILES string of the molecule is COC[C@@H]1CN(Cc2ccc3nc(C4CCN(C5CN(C)C5)CC4)ccc3c2)C[C@H]1Oc1ccc2c(c1)CN([C@H]1CCC(=O)NC1=O)C2=O. The number of likely N-dealkylation sites (tertiary alicyclic amines) is 3. The molecule has 2 aromatic carbocycles. The van der Waals surface area contributed by atoms with E-state index in [2.05, 4.69) is 57.4 Å². The van der Waals surface area contributed by atoms with Gasteiger partial charge in [-0.1, -0.05) is 12.1 Å². The molecule has 0 saturated carbocycles. The van der Waals surface area contributed by atoms with Crippen LogP contribution in [0.4, 0.5) is 0 Å². The number of carbonyl (C=O) groups excluding carboxylic acids is 3. The van der Waals surface area contributed by atoms with E-state index < -0.39 is 11.9 Å². The number of methoxy groups -OCH3 is 1.